The van der Waals surface area contributed by atoms with E-state index in [0.29, 0.717) is 0 Å². The van der Waals surface area contributed by atoms with E-state index >= 15 is 0 Å². The molecule has 2 heteroatoms. The minimum absolute atomic E-state index is 0.738. The van der Waals surface area contributed by atoms with Crippen LogP contribution in [0.25, 0.3) is 0 Å². The summed E-state index contributed by atoms with van der Waals surface area (Å²) in [6, 6.07) is 8.62. The molecule has 1 aromatic carbocycles. The van der Waals surface area contributed by atoms with E-state index < -0.39 is 0 Å². The lowest BCUT2D eigenvalue weighted by atomic mass is 10.0. The van der Waals surface area contributed by atoms with Crippen molar-refractivity contribution < 1.29 is 0 Å². The molecule has 0 bridgehead atoms. The first-order chi connectivity index (χ1) is 10.3. The lowest BCUT2D eigenvalue weighted by Gasteiger charge is -2.33. The van der Waals surface area contributed by atoms with Gasteiger partial charge in [-0.05, 0) is 56.2 Å². The number of nitrogens with zero attached hydrogens (tertiary/aromatic N) is 1. The van der Waals surface area contributed by atoms with E-state index in [0.717, 1.165) is 18.6 Å². The highest BCUT2D eigenvalue weighted by Gasteiger charge is 2.22. The second-order valence-corrected chi connectivity index (χ2v) is 6.88. The molecule has 2 aliphatic rings. The summed E-state index contributed by atoms with van der Waals surface area (Å²) in [5.41, 5.74) is 4.36. The van der Waals surface area contributed by atoms with Gasteiger partial charge in [-0.15, -0.1) is 0 Å². The zero-order valence-electron chi connectivity index (χ0n) is 13.7. The van der Waals surface area contributed by atoms with E-state index in [1.807, 2.05) is 0 Å². The number of anilines is 1. The third kappa shape index (κ3) is 3.79. The highest BCUT2D eigenvalue weighted by atomic mass is 15.2. The Morgan fingerprint density at radius 3 is 2.71 bits per heavy atom. The van der Waals surface area contributed by atoms with Crippen LogP contribution >= 0.6 is 0 Å². The first-order valence-electron chi connectivity index (χ1n) is 8.87. The summed E-state index contributed by atoms with van der Waals surface area (Å²) in [6.45, 7) is 6.89. The molecule has 1 aliphatic carbocycles. The summed E-state index contributed by atoms with van der Waals surface area (Å²) in [7, 11) is 0. The fourth-order valence-electron chi connectivity index (χ4n) is 3.62. The lowest BCUT2D eigenvalue weighted by Crippen LogP contribution is -2.34. The SMILES string of the molecule is CCC1CCCCCN1c1ccc(CNC2CC2)cc1C. The van der Waals surface area contributed by atoms with Crippen molar-refractivity contribution in [2.75, 3.05) is 11.4 Å². The Labute approximate surface area is 129 Å². The van der Waals surface area contributed by atoms with Crippen LogP contribution in [0.1, 0.15) is 63.0 Å². The van der Waals surface area contributed by atoms with Crippen molar-refractivity contribution in [3.8, 4) is 0 Å². The monoisotopic (exact) mass is 286 g/mol. The molecule has 1 N–H and O–H groups in total. The van der Waals surface area contributed by atoms with Crippen molar-refractivity contribution in [1.82, 2.24) is 5.32 Å². The molecule has 0 amide bonds. The average Bonchev–Trinajstić information content (AvgIpc) is 3.32. The molecule has 3 rings (SSSR count). The normalized spacial score (nSPS) is 23.1. The second kappa shape index (κ2) is 6.83. The number of aryl methyl sites for hydroxylation is 1. The van der Waals surface area contributed by atoms with E-state index in [1.165, 1.54) is 68.3 Å². The van der Waals surface area contributed by atoms with Crippen molar-refractivity contribution in [3.63, 3.8) is 0 Å². The molecule has 0 spiro atoms. The maximum Gasteiger partial charge on any atom is 0.0398 e. The van der Waals surface area contributed by atoms with Gasteiger partial charge in [0.1, 0.15) is 0 Å². The molecule has 21 heavy (non-hydrogen) atoms. The number of hydrogen-bond acceptors (Lipinski definition) is 2. The van der Waals surface area contributed by atoms with Gasteiger partial charge in [0.05, 0.1) is 0 Å². The average molecular weight is 286 g/mol. The van der Waals surface area contributed by atoms with Crippen LogP contribution in [0.2, 0.25) is 0 Å². The van der Waals surface area contributed by atoms with Crippen LogP contribution in [-0.4, -0.2) is 18.6 Å². The van der Waals surface area contributed by atoms with Gasteiger partial charge in [0, 0.05) is 30.9 Å². The van der Waals surface area contributed by atoms with E-state index in [1.54, 1.807) is 0 Å². The predicted molar refractivity (Wildman–Crippen MR) is 90.9 cm³/mol. The molecule has 1 unspecified atom stereocenters. The summed E-state index contributed by atoms with van der Waals surface area (Å²) in [5, 5.41) is 3.62. The molecule has 1 saturated heterocycles. The Balaban J connectivity index is 1.73. The molecule has 0 radical (unpaired) electrons. The van der Waals surface area contributed by atoms with Gasteiger partial charge in [-0.2, -0.15) is 0 Å². The zero-order valence-corrected chi connectivity index (χ0v) is 13.7. The fraction of sp³-hybridized carbons (Fsp3) is 0.684. The number of nitrogens with one attached hydrogen (secondary N) is 1. The number of benzene rings is 1. The highest BCUT2D eigenvalue weighted by Crippen LogP contribution is 2.29. The third-order valence-electron chi connectivity index (χ3n) is 5.09. The molecule has 2 fully saturated rings. The molecule has 1 aromatic rings. The van der Waals surface area contributed by atoms with Crippen molar-refractivity contribution in [1.29, 1.82) is 0 Å². The van der Waals surface area contributed by atoms with Gasteiger partial charge < -0.3 is 10.2 Å². The molecular formula is C19H30N2. The van der Waals surface area contributed by atoms with Crippen LogP contribution in [-0.2, 0) is 6.54 Å². The predicted octanol–water partition coefficient (Wildman–Crippen LogP) is 4.41. The fourth-order valence-corrected chi connectivity index (χ4v) is 3.62. The van der Waals surface area contributed by atoms with E-state index in [4.69, 9.17) is 0 Å². The Morgan fingerprint density at radius 2 is 2.00 bits per heavy atom. The van der Waals surface area contributed by atoms with Crippen LogP contribution in [0.3, 0.4) is 0 Å². The smallest absolute Gasteiger partial charge is 0.0398 e. The van der Waals surface area contributed by atoms with Crippen molar-refractivity contribution in [2.45, 2.75) is 77.4 Å². The summed E-state index contributed by atoms with van der Waals surface area (Å²) < 4.78 is 0. The van der Waals surface area contributed by atoms with Crippen LogP contribution in [0.5, 0.6) is 0 Å². The largest absolute Gasteiger partial charge is 0.368 e. The van der Waals surface area contributed by atoms with Crippen molar-refractivity contribution in [2.24, 2.45) is 0 Å². The molecule has 1 atom stereocenters. The van der Waals surface area contributed by atoms with Gasteiger partial charge in [-0.1, -0.05) is 31.9 Å². The van der Waals surface area contributed by atoms with Gasteiger partial charge in [0.25, 0.3) is 0 Å². The van der Waals surface area contributed by atoms with Crippen LogP contribution < -0.4 is 10.2 Å². The quantitative estimate of drug-likeness (QED) is 0.862. The summed E-state index contributed by atoms with van der Waals surface area (Å²) >= 11 is 0. The van der Waals surface area contributed by atoms with Crippen molar-refractivity contribution in [3.05, 3.63) is 29.3 Å². The van der Waals surface area contributed by atoms with Gasteiger partial charge in [-0.25, -0.2) is 0 Å². The Kier molecular flexibility index (Phi) is 4.84. The zero-order chi connectivity index (χ0) is 14.7. The first-order valence-corrected chi connectivity index (χ1v) is 8.87. The van der Waals surface area contributed by atoms with Crippen LogP contribution in [0.15, 0.2) is 18.2 Å². The first kappa shape index (κ1) is 14.9. The Hall–Kier alpha value is -1.02. The molecule has 1 aliphatic heterocycles. The summed E-state index contributed by atoms with van der Waals surface area (Å²) in [4.78, 5) is 2.68. The molecule has 0 aromatic heterocycles. The molecule has 1 heterocycles. The van der Waals surface area contributed by atoms with E-state index in [2.05, 4.69) is 42.3 Å². The lowest BCUT2D eigenvalue weighted by molar-refractivity contribution is 0.555. The van der Waals surface area contributed by atoms with Crippen molar-refractivity contribution >= 4 is 5.69 Å². The van der Waals surface area contributed by atoms with Gasteiger partial charge in [0.15, 0.2) is 0 Å². The molecular weight excluding hydrogens is 256 g/mol. The van der Waals surface area contributed by atoms with E-state index in [9.17, 15) is 0 Å². The maximum atomic E-state index is 3.62. The van der Waals surface area contributed by atoms with Gasteiger partial charge in [0.2, 0.25) is 0 Å². The topological polar surface area (TPSA) is 15.3 Å². The molecule has 2 nitrogen and oxygen atoms in total. The maximum absolute atomic E-state index is 3.62. The highest BCUT2D eigenvalue weighted by molar-refractivity contribution is 5.55. The summed E-state index contributed by atoms with van der Waals surface area (Å²) in [5.74, 6) is 0. The standard InChI is InChI=1S/C19H30N2/c1-3-18-7-5-4-6-12-21(18)19-11-8-16(13-15(19)2)14-20-17-9-10-17/h8,11,13,17-18,20H,3-7,9-10,12,14H2,1-2H3. The minimum Gasteiger partial charge on any atom is -0.368 e. The summed E-state index contributed by atoms with van der Waals surface area (Å²) in [6.07, 6.45) is 9.51. The van der Waals surface area contributed by atoms with Gasteiger partial charge >= 0.3 is 0 Å². The van der Waals surface area contributed by atoms with Gasteiger partial charge in [-0.3, -0.25) is 0 Å². The third-order valence-corrected chi connectivity index (χ3v) is 5.09. The van der Waals surface area contributed by atoms with Crippen LogP contribution in [0, 0.1) is 6.92 Å². The minimum atomic E-state index is 0.738. The number of rotatable bonds is 5. The molecule has 1 saturated carbocycles. The Bertz CT molecular complexity index is 465. The number of hydrogen-bond donors (Lipinski definition) is 1. The van der Waals surface area contributed by atoms with Crippen LogP contribution in [0.4, 0.5) is 5.69 Å². The second-order valence-electron chi connectivity index (χ2n) is 6.88. The van der Waals surface area contributed by atoms with E-state index in [-0.39, 0.29) is 0 Å². The molecule has 116 valence electrons. The Morgan fingerprint density at radius 1 is 1.14 bits per heavy atom.